The third-order valence-electron chi connectivity index (χ3n) is 4.89. The summed E-state index contributed by atoms with van der Waals surface area (Å²) in [6.45, 7) is 4.95. The number of carbonyl (C=O) groups is 2. The van der Waals surface area contributed by atoms with Crippen LogP contribution >= 0.6 is 27.5 Å². The third-order valence-corrected chi connectivity index (χ3v) is 6.84. The first-order valence-electron chi connectivity index (χ1n) is 10.5. The molecule has 36 heavy (non-hydrogen) atoms. The fourth-order valence-electron chi connectivity index (χ4n) is 3.68. The largest absolute Gasteiger partial charge is 0.346 e. The Bertz CT molecular complexity index is 1510. The quantitative estimate of drug-likeness (QED) is 0.372. The van der Waals surface area contributed by atoms with Crippen LogP contribution in [0.3, 0.4) is 0 Å². The number of aromatic nitrogens is 3. The highest BCUT2D eigenvalue weighted by Gasteiger charge is 2.27. The van der Waals surface area contributed by atoms with Gasteiger partial charge in [-0.05, 0) is 66.5 Å². The summed E-state index contributed by atoms with van der Waals surface area (Å²) in [5.74, 6) is -1.03. The summed E-state index contributed by atoms with van der Waals surface area (Å²) in [7, 11) is -2.90. The van der Waals surface area contributed by atoms with Gasteiger partial charge in [0.15, 0.2) is 5.82 Å². The molecular formula is C23H23BrClN7O3S. The van der Waals surface area contributed by atoms with E-state index in [-0.39, 0.29) is 39.1 Å². The molecule has 1 aromatic carbocycles. The standard InChI is InChI=1S/C23H23BrClN7O3S/c1-13-8-14(11-26)9-15(21(33)30-23(2,3)12-36(4,27)35)19(13)29-22(34)17-10-18(24)31-32(17)20-16(25)6-5-7-28-20/h5-10,27H,12H2,1-4H3,(H,29,34)(H,30,33). The minimum Gasteiger partial charge on any atom is -0.346 e. The summed E-state index contributed by atoms with van der Waals surface area (Å²) in [6, 6.07) is 9.65. The average Bonchev–Trinajstić information content (AvgIpc) is 3.14. The van der Waals surface area contributed by atoms with Gasteiger partial charge in [-0.3, -0.25) is 18.6 Å². The lowest BCUT2D eigenvalue weighted by molar-refractivity contribution is 0.0921. The number of amides is 2. The van der Waals surface area contributed by atoms with Gasteiger partial charge in [0.1, 0.15) is 10.3 Å². The van der Waals surface area contributed by atoms with Crippen LogP contribution in [0.4, 0.5) is 5.69 Å². The molecule has 3 aromatic rings. The van der Waals surface area contributed by atoms with Crippen molar-refractivity contribution in [2.45, 2.75) is 26.3 Å². The Balaban J connectivity index is 2.03. The zero-order chi connectivity index (χ0) is 26.8. The van der Waals surface area contributed by atoms with Crippen LogP contribution in [-0.4, -0.2) is 48.3 Å². The summed E-state index contributed by atoms with van der Waals surface area (Å²) >= 11 is 9.51. The number of nitrogens with zero attached hydrogens (tertiary/aromatic N) is 4. The van der Waals surface area contributed by atoms with Gasteiger partial charge in [0.25, 0.3) is 11.8 Å². The van der Waals surface area contributed by atoms with Crippen LogP contribution in [0.2, 0.25) is 5.02 Å². The monoisotopic (exact) mass is 591 g/mol. The first kappa shape index (κ1) is 27.3. The van der Waals surface area contributed by atoms with Gasteiger partial charge in [-0.25, -0.2) is 9.67 Å². The smallest absolute Gasteiger partial charge is 0.274 e. The number of nitrogens with one attached hydrogen (secondary N) is 3. The van der Waals surface area contributed by atoms with Crippen molar-refractivity contribution in [2.75, 3.05) is 17.3 Å². The molecule has 0 aliphatic heterocycles. The number of carbonyl (C=O) groups excluding carboxylic acids is 2. The van der Waals surface area contributed by atoms with Crippen molar-refractivity contribution in [3.63, 3.8) is 0 Å². The van der Waals surface area contributed by atoms with Gasteiger partial charge in [0, 0.05) is 33.8 Å². The number of rotatable bonds is 7. The fourth-order valence-corrected chi connectivity index (χ4v) is 5.71. The van der Waals surface area contributed by atoms with Crippen molar-refractivity contribution in [2.24, 2.45) is 0 Å². The number of halogens is 2. The number of anilines is 1. The Morgan fingerprint density at radius 3 is 2.61 bits per heavy atom. The molecule has 0 saturated carbocycles. The molecule has 1 atom stereocenters. The molecule has 13 heteroatoms. The van der Waals surface area contributed by atoms with E-state index in [1.807, 2.05) is 6.07 Å². The van der Waals surface area contributed by atoms with Crippen molar-refractivity contribution in [1.82, 2.24) is 20.1 Å². The molecule has 10 nitrogen and oxygen atoms in total. The number of hydrogen-bond donors (Lipinski definition) is 3. The van der Waals surface area contributed by atoms with Crippen molar-refractivity contribution in [3.8, 4) is 11.9 Å². The maximum absolute atomic E-state index is 13.4. The summed E-state index contributed by atoms with van der Waals surface area (Å²) in [5, 5.41) is 19.5. The average molecular weight is 593 g/mol. The van der Waals surface area contributed by atoms with Crippen LogP contribution in [0.1, 0.15) is 45.8 Å². The maximum atomic E-state index is 13.4. The lowest BCUT2D eigenvalue weighted by Crippen LogP contribution is -2.48. The molecule has 0 bridgehead atoms. The van der Waals surface area contributed by atoms with Crippen molar-refractivity contribution in [1.29, 1.82) is 10.0 Å². The predicted octanol–water partition coefficient (Wildman–Crippen LogP) is 4.30. The second-order valence-corrected chi connectivity index (χ2v) is 12.4. The Labute approximate surface area is 222 Å². The summed E-state index contributed by atoms with van der Waals surface area (Å²) < 4.78 is 21.4. The lowest BCUT2D eigenvalue weighted by atomic mass is 10.0. The second kappa shape index (κ2) is 10.4. The van der Waals surface area contributed by atoms with E-state index in [2.05, 4.69) is 36.6 Å². The van der Waals surface area contributed by atoms with E-state index in [9.17, 15) is 19.1 Å². The van der Waals surface area contributed by atoms with Crippen LogP contribution in [-0.2, 0) is 9.73 Å². The van der Waals surface area contributed by atoms with Crippen molar-refractivity contribution >= 4 is 54.8 Å². The van der Waals surface area contributed by atoms with Crippen LogP contribution < -0.4 is 10.6 Å². The Morgan fingerprint density at radius 2 is 2.00 bits per heavy atom. The third kappa shape index (κ3) is 6.48. The maximum Gasteiger partial charge on any atom is 0.274 e. The van der Waals surface area contributed by atoms with E-state index in [1.165, 1.54) is 29.3 Å². The Kier molecular flexibility index (Phi) is 7.88. The van der Waals surface area contributed by atoms with Gasteiger partial charge in [-0.2, -0.15) is 10.4 Å². The molecule has 1 unspecified atom stereocenters. The van der Waals surface area contributed by atoms with Crippen molar-refractivity contribution in [3.05, 3.63) is 68.5 Å². The molecule has 2 heterocycles. The molecular weight excluding hydrogens is 570 g/mol. The minimum absolute atomic E-state index is 0.0431. The number of nitriles is 1. The molecule has 0 spiro atoms. The van der Waals surface area contributed by atoms with E-state index >= 15 is 0 Å². The highest BCUT2D eigenvalue weighted by atomic mass is 79.9. The molecule has 2 amide bonds. The van der Waals surface area contributed by atoms with Gasteiger partial charge in [-0.1, -0.05) is 11.6 Å². The highest BCUT2D eigenvalue weighted by Crippen LogP contribution is 2.26. The molecule has 0 radical (unpaired) electrons. The molecule has 0 fully saturated rings. The van der Waals surface area contributed by atoms with E-state index < -0.39 is 27.1 Å². The second-order valence-electron chi connectivity index (χ2n) is 8.84. The molecule has 0 aliphatic carbocycles. The van der Waals surface area contributed by atoms with Crippen LogP contribution in [0.15, 0.2) is 41.1 Å². The highest BCUT2D eigenvalue weighted by molar-refractivity contribution is 9.10. The first-order chi connectivity index (χ1) is 16.7. The minimum atomic E-state index is -2.90. The zero-order valence-corrected chi connectivity index (χ0v) is 23.0. The van der Waals surface area contributed by atoms with Crippen LogP contribution in [0, 0.1) is 23.0 Å². The lowest BCUT2D eigenvalue weighted by Gasteiger charge is -2.27. The van der Waals surface area contributed by atoms with E-state index in [0.29, 0.717) is 10.2 Å². The number of aryl methyl sites for hydroxylation is 1. The van der Waals surface area contributed by atoms with Gasteiger partial charge in [0.05, 0.1) is 33.7 Å². The number of pyridine rings is 1. The first-order valence-corrected chi connectivity index (χ1v) is 13.8. The van der Waals surface area contributed by atoms with Gasteiger partial charge in [0.2, 0.25) is 0 Å². The number of benzene rings is 1. The summed E-state index contributed by atoms with van der Waals surface area (Å²) in [4.78, 5) is 30.8. The van der Waals surface area contributed by atoms with Gasteiger partial charge < -0.3 is 10.6 Å². The van der Waals surface area contributed by atoms with Gasteiger partial charge in [-0.15, -0.1) is 0 Å². The number of hydrogen-bond acceptors (Lipinski definition) is 7. The predicted molar refractivity (Wildman–Crippen MR) is 141 cm³/mol. The molecule has 0 aliphatic rings. The zero-order valence-electron chi connectivity index (χ0n) is 19.8. The van der Waals surface area contributed by atoms with E-state index in [1.54, 1.807) is 39.0 Å². The summed E-state index contributed by atoms with van der Waals surface area (Å²) in [5.41, 5.74) is 0.0417. The Hall–Kier alpha value is -3.27. The molecule has 0 saturated heterocycles. The van der Waals surface area contributed by atoms with Gasteiger partial charge >= 0.3 is 0 Å². The molecule has 188 valence electrons. The van der Waals surface area contributed by atoms with Crippen LogP contribution in [0.5, 0.6) is 0 Å². The fraction of sp³-hybridized carbons (Fsp3) is 0.261. The van der Waals surface area contributed by atoms with Crippen LogP contribution in [0.25, 0.3) is 5.82 Å². The van der Waals surface area contributed by atoms with E-state index in [4.69, 9.17) is 16.4 Å². The molecule has 3 rings (SSSR count). The normalized spacial score (nSPS) is 12.9. The SMILES string of the molecule is Cc1cc(C#N)cc(C(=O)NC(C)(C)CS(C)(=N)=O)c1NC(=O)c1cc(Br)nn1-c1ncccc1Cl. The van der Waals surface area contributed by atoms with Crippen molar-refractivity contribution < 1.29 is 13.8 Å². The van der Waals surface area contributed by atoms with E-state index in [0.717, 1.165) is 0 Å². The topological polar surface area (TPSA) is 154 Å². The molecule has 2 aromatic heterocycles. The Morgan fingerprint density at radius 1 is 1.31 bits per heavy atom. The summed E-state index contributed by atoms with van der Waals surface area (Å²) in [6.07, 6.45) is 2.81. The molecule has 3 N–H and O–H groups in total.